The molecule has 4 nitrogen and oxygen atoms in total. The van der Waals surface area contributed by atoms with Crippen LogP contribution in [0.5, 0.6) is 5.75 Å². The van der Waals surface area contributed by atoms with Crippen molar-refractivity contribution in [2.45, 2.75) is 65.9 Å². The fourth-order valence-corrected chi connectivity index (χ4v) is 3.98. The smallest absolute Gasteiger partial charge is 0.416 e. The molecule has 0 aliphatic carbocycles. The van der Waals surface area contributed by atoms with E-state index in [0.717, 1.165) is 34.7 Å². The van der Waals surface area contributed by atoms with Gasteiger partial charge in [0.1, 0.15) is 11.6 Å². The van der Waals surface area contributed by atoms with Crippen LogP contribution in [0.3, 0.4) is 0 Å². The number of halogens is 3. The van der Waals surface area contributed by atoms with Crippen LogP contribution in [0.25, 0.3) is 0 Å². The number of nitrogens with zero attached hydrogens (tertiary/aromatic N) is 1. The average Bonchev–Trinajstić information content (AvgIpc) is 2.61. The van der Waals surface area contributed by atoms with E-state index in [1.807, 2.05) is 20.8 Å². The maximum absolute atomic E-state index is 12.9. The van der Waals surface area contributed by atoms with Crippen molar-refractivity contribution in [2.75, 3.05) is 10.6 Å². The van der Waals surface area contributed by atoms with Gasteiger partial charge >= 0.3 is 6.18 Å². The summed E-state index contributed by atoms with van der Waals surface area (Å²) in [4.78, 5) is 4.62. The first kappa shape index (κ1) is 25.1. The van der Waals surface area contributed by atoms with Crippen LogP contribution in [0.1, 0.15) is 43.2 Å². The van der Waals surface area contributed by atoms with Crippen molar-refractivity contribution >= 4 is 37.2 Å². The summed E-state index contributed by atoms with van der Waals surface area (Å²) in [6, 6.07) is 4.89. The van der Waals surface area contributed by atoms with Gasteiger partial charge < -0.3 is 15.1 Å². The molecule has 1 aromatic carbocycles. The van der Waals surface area contributed by atoms with Gasteiger partial charge in [-0.1, -0.05) is 26.8 Å². The summed E-state index contributed by atoms with van der Waals surface area (Å²) >= 11 is 5.30. The molecule has 2 aromatic rings. The van der Waals surface area contributed by atoms with Crippen molar-refractivity contribution in [2.24, 2.45) is 0 Å². The first-order chi connectivity index (χ1) is 14.0. The molecule has 0 bridgehead atoms. The zero-order valence-electron chi connectivity index (χ0n) is 19.2. The van der Waals surface area contributed by atoms with E-state index in [-0.39, 0.29) is 15.8 Å². The molecule has 31 heavy (non-hydrogen) atoms. The Morgan fingerprint density at radius 2 is 1.65 bits per heavy atom. The Morgan fingerprint density at radius 3 is 2.19 bits per heavy atom. The zero-order chi connectivity index (χ0) is 23.8. The second-order valence-corrected chi connectivity index (χ2v) is 14.3. The van der Waals surface area contributed by atoms with Gasteiger partial charge in [-0.2, -0.15) is 13.2 Å². The lowest BCUT2D eigenvalue weighted by atomic mass is 10.1. The fraction of sp³-hybridized carbons (Fsp3) is 0.455. The number of aryl methyl sites for hydroxylation is 1. The number of benzene rings is 1. The number of hydrogen-bond donors (Lipinski definition) is 2. The van der Waals surface area contributed by atoms with E-state index in [1.54, 1.807) is 0 Å². The number of thiocarbonyl (C=S) groups is 1. The lowest BCUT2D eigenvalue weighted by Gasteiger charge is -2.37. The number of pyridine rings is 1. The standard InChI is InChI=1S/C22H30F3N3OSSi/c1-13-14(2)19(26-15(3)18(13)29-31(7,8)21(4,5)6)28-20(30)27-17-11-9-10-16(12-17)22(23,24)25/h9-12H,1-8H3,(H2,26,27,28,30). The molecule has 0 saturated heterocycles. The fourth-order valence-electron chi connectivity index (χ4n) is 2.65. The van der Waals surface area contributed by atoms with Crippen molar-refractivity contribution in [3.63, 3.8) is 0 Å². The molecule has 0 spiro atoms. The highest BCUT2D eigenvalue weighted by molar-refractivity contribution is 7.80. The van der Waals surface area contributed by atoms with Gasteiger partial charge in [-0.05, 0) is 80.4 Å². The van der Waals surface area contributed by atoms with E-state index in [4.69, 9.17) is 16.6 Å². The molecule has 0 aliphatic heterocycles. The minimum absolute atomic E-state index is 0.0488. The molecule has 0 unspecified atom stereocenters. The first-order valence-corrected chi connectivity index (χ1v) is 13.3. The maximum atomic E-state index is 12.9. The molecule has 0 aliphatic rings. The number of hydrogen-bond acceptors (Lipinski definition) is 3. The van der Waals surface area contributed by atoms with Crippen molar-refractivity contribution in [3.05, 3.63) is 46.6 Å². The Morgan fingerprint density at radius 1 is 1.03 bits per heavy atom. The van der Waals surface area contributed by atoms with Crippen LogP contribution >= 0.6 is 12.2 Å². The van der Waals surface area contributed by atoms with Crippen LogP contribution in [0.4, 0.5) is 24.7 Å². The summed E-state index contributed by atoms with van der Waals surface area (Å²) in [6.45, 7) is 16.7. The molecule has 1 heterocycles. The predicted molar refractivity (Wildman–Crippen MR) is 128 cm³/mol. The lowest BCUT2D eigenvalue weighted by molar-refractivity contribution is -0.137. The Kier molecular flexibility index (Phi) is 7.12. The average molecular weight is 470 g/mol. The molecule has 9 heteroatoms. The zero-order valence-corrected chi connectivity index (χ0v) is 21.0. The maximum Gasteiger partial charge on any atom is 0.416 e. The number of nitrogens with one attached hydrogen (secondary N) is 2. The summed E-state index contributed by atoms with van der Waals surface area (Å²) in [7, 11) is -2.04. The molecule has 1 aromatic heterocycles. The summed E-state index contributed by atoms with van der Waals surface area (Å²) in [5.74, 6) is 1.33. The Labute approximate surface area is 188 Å². The van der Waals surface area contributed by atoms with Crippen molar-refractivity contribution in [1.29, 1.82) is 0 Å². The van der Waals surface area contributed by atoms with E-state index in [2.05, 4.69) is 49.5 Å². The molecule has 170 valence electrons. The minimum Gasteiger partial charge on any atom is -0.542 e. The molecule has 2 N–H and O–H groups in total. The van der Waals surface area contributed by atoms with Crippen molar-refractivity contribution in [1.82, 2.24) is 4.98 Å². The first-order valence-electron chi connectivity index (χ1n) is 9.95. The monoisotopic (exact) mass is 469 g/mol. The second-order valence-electron chi connectivity index (χ2n) is 9.15. The molecule has 0 fully saturated rings. The van der Waals surface area contributed by atoms with Gasteiger partial charge in [0.2, 0.25) is 0 Å². The topological polar surface area (TPSA) is 46.2 Å². The third kappa shape index (κ3) is 5.97. The third-order valence-electron chi connectivity index (χ3n) is 5.71. The quantitative estimate of drug-likeness (QED) is 0.366. The van der Waals surface area contributed by atoms with Gasteiger partial charge in [-0.3, -0.25) is 0 Å². The highest BCUT2D eigenvalue weighted by Crippen LogP contribution is 2.40. The van der Waals surface area contributed by atoms with Crippen molar-refractivity contribution < 1.29 is 17.6 Å². The molecule has 0 amide bonds. The third-order valence-corrected chi connectivity index (χ3v) is 10.2. The lowest BCUT2D eigenvalue weighted by Crippen LogP contribution is -2.44. The second kappa shape index (κ2) is 8.78. The molecular formula is C22H30F3N3OSSi. The molecular weight excluding hydrogens is 439 g/mol. The summed E-state index contributed by atoms with van der Waals surface area (Å²) in [6.07, 6.45) is -4.42. The normalized spacial score (nSPS) is 12.5. The van der Waals surface area contributed by atoms with Gasteiger partial charge in [-0.15, -0.1) is 0 Å². The van der Waals surface area contributed by atoms with Gasteiger partial charge in [0.25, 0.3) is 8.32 Å². The summed E-state index contributed by atoms with van der Waals surface area (Å²) < 4.78 is 45.3. The van der Waals surface area contributed by atoms with Gasteiger partial charge in [0.15, 0.2) is 5.11 Å². The molecule has 2 rings (SSSR count). The minimum atomic E-state index is -4.42. The summed E-state index contributed by atoms with van der Waals surface area (Å²) in [5.41, 5.74) is 2.07. The van der Waals surface area contributed by atoms with E-state index >= 15 is 0 Å². The van der Waals surface area contributed by atoms with E-state index in [1.165, 1.54) is 12.1 Å². The summed E-state index contributed by atoms with van der Waals surface area (Å²) in [5, 5.41) is 6.01. The van der Waals surface area contributed by atoms with E-state index in [9.17, 15) is 13.2 Å². The van der Waals surface area contributed by atoms with Crippen LogP contribution in [0.2, 0.25) is 18.1 Å². The Balaban J connectivity index is 2.24. The molecule has 0 radical (unpaired) electrons. The number of alkyl halides is 3. The number of rotatable bonds is 4. The molecule has 0 saturated carbocycles. The highest BCUT2D eigenvalue weighted by atomic mass is 32.1. The number of aromatic nitrogens is 1. The van der Waals surface area contributed by atoms with Gasteiger partial charge in [0, 0.05) is 5.69 Å². The van der Waals surface area contributed by atoms with Crippen LogP contribution in [-0.4, -0.2) is 18.4 Å². The van der Waals surface area contributed by atoms with Crippen LogP contribution < -0.4 is 15.1 Å². The van der Waals surface area contributed by atoms with Crippen LogP contribution in [0, 0.1) is 20.8 Å². The Hall–Kier alpha value is -2.13. The molecule has 0 atom stereocenters. The van der Waals surface area contributed by atoms with E-state index < -0.39 is 20.1 Å². The van der Waals surface area contributed by atoms with E-state index in [0.29, 0.717) is 5.82 Å². The van der Waals surface area contributed by atoms with Crippen molar-refractivity contribution in [3.8, 4) is 5.75 Å². The predicted octanol–water partition coefficient (Wildman–Crippen LogP) is 7.22. The van der Waals surface area contributed by atoms with Crippen LogP contribution in [-0.2, 0) is 6.18 Å². The van der Waals surface area contributed by atoms with Gasteiger partial charge in [0.05, 0.1) is 11.3 Å². The van der Waals surface area contributed by atoms with Gasteiger partial charge in [-0.25, -0.2) is 4.98 Å². The van der Waals surface area contributed by atoms with Crippen LogP contribution in [0.15, 0.2) is 24.3 Å². The SMILES string of the molecule is Cc1nc(NC(=S)Nc2cccc(C(F)(F)F)c2)c(C)c(C)c1O[Si](C)(C)C(C)(C)C. The Bertz CT molecular complexity index is 985. The number of anilines is 2. The largest absolute Gasteiger partial charge is 0.542 e. The highest BCUT2D eigenvalue weighted by Gasteiger charge is 2.40.